The Hall–Kier alpha value is -0.650. The number of likely N-dealkylation sites (N-methyl/N-ethyl adjacent to an activating group) is 1. The van der Waals surface area contributed by atoms with Gasteiger partial charge in [0, 0.05) is 23.6 Å². The van der Waals surface area contributed by atoms with Crippen LogP contribution in [0.2, 0.25) is 0 Å². The van der Waals surface area contributed by atoms with Crippen LogP contribution >= 0.6 is 27.3 Å². The summed E-state index contributed by atoms with van der Waals surface area (Å²) < 4.78 is 2.33. The number of hydrogen-bond acceptors (Lipinski definition) is 4. The SMILES string of the molecule is CN(CCNc1nc2ccc(Br)cc2s1)C1CC1. The van der Waals surface area contributed by atoms with Crippen molar-refractivity contribution in [1.82, 2.24) is 9.88 Å². The molecule has 0 spiro atoms. The largest absolute Gasteiger partial charge is 0.360 e. The summed E-state index contributed by atoms with van der Waals surface area (Å²) in [5.41, 5.74) is 1.07. The summed E-state index contributed by atoms with van der Waals surface area (Å²) >= 11 is 5.20. The Morgan fingerprint density at radius 3 is 3.11 bits per heavy atom. The summed E-state index contributed by atoms with van der Waals surface area (Å²) in [5, 5.41) is 4.44. The first kappa shape index (κ1) is 12.4. The minimum Gasteiger partial charge on any atom is -0.360 e. The number of rotatable bonds is 5. The average Bonchev–Trinajstić information content (AvgIpc) is 3.11. The van der Waals surface area contributed by atoms with Gasteiger partial charge in [0.25, 0.3) is 0 Å². The van der Waals surface area contributed by atoms with E-state index in [9.17, 15) is 0 Å². The van der Waals surface area contributed by atoms with Gasteiger partial charge in [-0.25, -0.2) is 4.98 Å². The van der Waals surface area contributed by atoms with E-state index < -0.39 is 0 Å². The summed E-state index contributed by atoms with van der Waals surface area (Å²) in [6.07, 6.45) is 2.73. The molecule has 1 saturated carbocycles. The molecule has 18 heavy (non-hydrogen) atoms. The first-order valence-electron chi connectivity index (χ1n) is 6.22. The van der Waals surface area contributed by atoms with E-state index in [2.05, 4.69) is 50.3 Å². The van der Waals surface area contributed by atoms with Crippen molar-refractivity contribution in [2.45, 2.75) is 18.9 Å². The van der Waals surface area contributed by atoms with E-state index in [0.717, 1.165) is 34.3 Å². The second kappa shape index (κ2) is 5.15. The van der Waals surface area contributed by atoms with Crippen molar-refractivity contribution in [1.29, 1.82) is 0 Å². The molecule has 1 aromatic carbocycles. The van der Waals surface area contributed by atoms with Gasteiger partial charge in [0.15, 0.2) is 5.13 Å². The molecule has 0 radical (unpaired) electrons. The first-order valence-corrected chi connectivity index (χ1v) is 7.83. The summed E-state index contributed by atoms with van der Waals surface area (Å²) in [6, 6.07) is 7.04. The molecule has 5 heteroatoms. The van der Waals surface area contributed by atoms with Crippen LogP contribution in [-0.4, -0.2) is 36.1 Å². The highest BCUT2D eigenvalue weighted by molar-refractivity contribution is 9.10. The molecule has 3 rings (SSSR count). The van der Waals surface area contributed by atoms with Crippen LogP contribution in [0.4, 0.5) is 5.13 Å². The summed E-state index contributed by atoms with van der Waals surface area (Å²) in [4.78, 5) is 7.01. The van der Waals surface area contributed by atoms with Crippen LogP contribution in [0.1, 0.15) is 12.8 Å². The molecule has 0 unspecified atom stereocenters. The molecule has 0 aliphatic heterocycles. The predicted molar refractivity (Wildman–Crippen MR) is 81.5 cm³/mol. The lowest BCUT2D eigenvalue weighted by Gasteiger charge is -2.15. The monoisotopic (exact) mass is 325 g/mol. The lowest BCUT2D eigenvalue weighted by atomic mass is 10.3. The highest BCUT2D eigenvalue weighted by Crippen LogP contribution is 2.28. The third-order valence-electron chi connectivity index (χ3n) is 3.26. The number of halogens is 1. The molecule has 0 amide bonds. The van der Waals surface area contributed by atoms with Gasteiger partial charge in [-0.1, -0.05) is 27.3 Å². The number of aromatic nitrogens is 1. The van der Waals surface area contributed by atoms with E-state index >= 15 is 0 Å². The topological polar surface area (TPSA) is 28.2 Å². The maximum Gasteiger partial charge on any atom is 0.183 e. The quantitative estimate of drug-likeness (QED) is 0.910. The molecule has 0 atom stereocenters. The van der Waals surface area contributed by atoms with E-state index in [1.807, 2.05) is 6.07 Å². The van der Waals surface area contributed by atoms with Gasteiger partial charge in [-0.15, -0.1) is 0 Å². The van der Waals surface area contributed by atoms with Crippen molar-refractivity contribution in [2.24, 2.45) is 0 Å². The molecule has 0 saturated heterocycles. The maximum atomic E-state index is 4.58. The van der Waals surface area contributed by atoms with Crippen molar-refractivity contribution in [3.63, 3.8) is 0 Å². The standard InChI is InChI=1S/C13H16BrN3S/c1-17(10-3-4-10)7-6-15-13-16-11-5-2-9(14)8-12(11)18-13/h2,5,8,10H,3-4,6-7H2,1H3,(H,15,16). The van der Waals surface area contributed by atoms with Crippen LogP contribution in [0.5, 0.6) is 0 Å². The number of nitrogens with zero attached hydrogens (tertiary/aromatic N) is 2. The van der Waals surface area contributed by atoms with E-state index in [4.69, 9.17) is 0 Å². The Balaban J connectivity index is 1.60. The van der Waals surface area contributed by atoms with E-state index in [1.165, 1.54) is 17.5 Å². The van der Waals surface area contributed by atoms with Crippen molar-refractivity contribution >= 4 is 42.6 Å². The van der Waals surface area contributed by atoms with Gasteiger partial charge in [0.1, 0.15) is 0 Å². The van der Waals surface area contributed by atoms with Gasteiger partial charge in [-0.2, -0.15) is 0 Å². The van der Waals surface area contributed by atoms with Gasteiger partial charge >= 0.3 is 0 Å². The van der Waals surface area contributed by atoms with Gasteiger partial charge in [0.2, 0.25) is 0 Å². The fourth-order valence-corrected chi connectivity index (χ4v) is 3.45. The normalized spacial score (nSPS) is 15.5. The maximum absolute atomic E-state index is 4.58. The van der Waals surface area contributed by atoms with Crippen LogP contribution in [-0.2, 0) is 0 Å². The molecule has 1 aliphatic carbocycles. The molecule has 3 nitrogen and oxygen atoms in total. The fraction of sp³-hybridized carbons (Fsp3) is 0.462. The number of anilines is 1. The van der Waals surface area contributed by atoms with Crippen molar-refractivity contribution in [2.75, 3.05) is 25.5 Å². The summed E-state index contributed by atoms with van der Waals surface area (Å²) in [6.45, 7) is 2.05. The Labute approximate surface area is 119 Å². The predicted octanol–water partition coefficient (Wildman–Crippen LogP) is 3.56. The summed E-state index contributed by atoms with van der Waals surface area (Å²) in [5.74, 6) is 0. The minimum absolute atomic E-state index is 0.832. The molecule has 1 N–H and O–H groups in total. The third-order valence-corrected chi connectivity index (χ3v) is 4.73. The molecule has 1 heterocycles. The van der Waals surface area contributed by atoms with Crippen molar-refractivity contribution in [3.8, 4) is 0 Å². The zero-order valence-electron chi connectivity index (χ0n) is 10.3. The molecule has 2 aromatic rings. The van der Waals surface area contributed by atoms with E-state index in [0.29, 0.717) is 0 Å². The number of benzene rings is 1. The van der Waals surface area contributed by atoms with Gasteiger partial charge in [-0.05, 0) is 38.1 Å². The van der Waals surface area contributed by atoms with E-state index in [1.54, 1.807) is 11.3 Å². The molecule has 96 valence electrons. The second-order valence-corrected chi connectivity index (χ2v) is 6.72. The van der Waals surface area contributed by atoms with Crippen LogP contribution < -0.4 is 5.32 Å². The lowest BCUT2D eigenvalue weighted by molar-refractivity contribution is 0.337. The van der Waals surface area contributed by atoms with Crippen LogP contribution in [0.25, 0.3) is 10.2 Å². The number of hydrogen-bond donors (Lipinski definition) is 1. The Kier molecular flexibility index (Phi) is 3.54. The highest BCUT2D eigenvalue weighted by atomic mass is 79.9. The highest BCUT2D eigenvalue weighted by Gasteiger charge is 2.25. The minimum atomic E-state index is 0.832. The van der Waals surface area contributed by atoms with Crippen molar-refractivity contribution < 1.29 is 0 Å². The number of nitrogens with one attached hydrogen (secondary N) is 1. The fourth-order valence-electron chi connectivity index (χ4n) is 2.01. The van der Waals surface area contributed by atoms with Crippen LogP contribution in [0, 0.1) is 0 Å². The molecule has 1 fully saturated rings. The van der Waals surface area contributed by atoms with Crippen LogP contribution in [0.3, 0.4) is 0 Å². The summed E-state index contributed by atoms with van der Waals surface area (Å²) in [7, 11) is 2.20. The number of fused-ring (bicyclic) bond motifs is 1. The zero-order valence-corrected chi connectivity index (χ0v) is 12.7. The average molecular weight is 326 g/mol. The number of thiazole rings is 1. The van der Waals surface area contributed by atoms with Gasteiger partial charge in [0.05, 0.1) is 10.2 Å². The van der Waals surface area contributed by atoms with Gasteiger partial charge in [-0.3, -0.25) is 0 Å². The first-order chi connectivity index (χ1) is 8.72. The Bertz CT molecular complexity index is 550. The molecule has 1 aliphatic rings. The molecule has 1 aromatic heterocycles. The molecule has 0 bridgehead atoms. The van der Waals surface area contributed by atoms with E-state index in [-0.39, 0.29) is 0 Å². The molecular weight excluding hydrogens is 310 g/mol. The molecular formula is C13H16BrN3S. The second-order valence-electron chi connectivity index (χ2n) is 4.77. The van der Waals surface area contributed by atoms with Crippen LogP contribution in [0.15, 0.2) is 22.7 Å². The van der Waals surface area contributed by atoms with Gasteiger partial charge < -0.3 is 10.2 Å². The Morgan fingerprint density at radius 2 is 2.33 bits per heavy atom. The van der Waals surface area contributed by atoms with Crippen molar-refractivity contribution in [3.05, 3.63) is 22.7 Å². The Morgan fingerprint density at radius 1 is 1.50 bits per heavy atom. The lowest BCUT2D eigenvalue weighted by Crippen LogP contribution is -2.26. The third kappa shape index (κ3) is 2.84. The smallest absolute Gasteiger partial charge is 0.183 e. The zero-order chi connectivity index (χ0) is 12.5.